The minimum Gasteiger partial charge on any atom is -0.434 e. The minimum atomic E-state index is -0.528. The summed E-state index contributed by atoms with van der Waals surface area (Å²) in [6.07, 6.45) is 1.25. The summed E-state index contributed by atoms with van der Waals surface area (Å²) in [5, 5.41) is 6.28. The van der Waals surface area contributed by atoms with E-state index in [1.807, 2.05) is 18.2 Å². The quantitative estimate of drug-likeness (QED) is 0.174. The van der Waals surface area contributed by atoms with Crippen molar-refractivity contribution in [1.29, 1.82) is 0 Å². The van der Waals surface area contributed by atoms with Gasteiger partial charge in [-0.1, -0.05) is 176 Å². The second-order valence-corrected chi connectivity index (χ2v) is 16.7. The average molecular weight is 837 g/mol. The van der Waals surface area contributed by atoms with Crippen molar-refractivity contribution < 1.29 is 4.42 Å². The lowest BCUT2D eigenvalue weighted by Gasteiger charge is -2.28. The fraction of sp³-hybridized carbons (Fsp3) is 0.0517. The molecule has 0 saturated carbocycles. The molecule has 1 unspecified atom stereocenters. The van der Waals surface area contributed by atoms with Crippen LogP contribution in [0.15, 0.2) is 221 Å². The molecule has 65 heavy (non-hydrogen) atoms. The molecule has 1 N–H and O–H groups in total. The number of aromatic nitrogens is 3. The zero-order chi connectivity index (χ0) is 42.8. The first kappa shape index (κ1) is 37.0. The molecule has 1 aliphatic carbocycles. The summed E-state index contributed by atoms with van der Waals surface area (Å²) in [6, 6.07) is 72.1. The molecule has 11 aromatic rings. The molecule has 7 nitrogen and oxygen atoms in total. The van der Waals surface area contributed by atoms with Gasteiger partial charge >= 0.3 is 0 Å². The highest BCUT2D eigenvalue weighted by atomic mass is 16.3. The van der Waals surface area contributed by atoms with Crippen molar-refractivity contribution in [2.45, 2.75) is 19.1 Å². The Labute approximate surface area is 375 Å². The predicted molar refractivity (Wildman–Crippen MR) is 264 cm³/mol. The number of benzene rings is 8. The first-order valence-electron chi connectivity index (χ1n) is 22.2. The average Bonchev–Trinajstić information content (AvgIpc) is 4.08. The van der Waals surface area contributed by atoms with Crippen molar-refractivity contribution in [2.75, 3.05) is 0 Å². The zero-order valence-electron chi connectivity index (χ0n) is 35.3. The Bertz CT molecular complexity index is 3670. The lowest BCUT2D eigenvalue weighted by molar-refractivity contribution is 0.504. The third kappa shape index (κ3) is 6.08. The molecule has 308 valence electrons. The summed E-state index contributed by atoms with van der Waals surface area (Å²) in [5.41, 5.74) is 17.0. The van der Waals surface area contributed by atoms with E-state index in [9.17, 15) is 0 Å². The summed E-state index contributed by atoms with van der Waals surface area (Å²) in [5.74, 6) is 2.03. The zero-order valence-corrected chi connectivity index (χ0v) is 35.3. The standard InChI is InChI=1S/C58H40N6O/c1-4-17-37(18-5-1)38-31-33-41(34-32-38)56-60-55(40-21-8-3-9-22-40)61-58(62-56)64-50-29-15-13-25-44(50)46-36-35-45-43-24-12-14-28-49(43)63(52(45)53(46)64)51-30-16-27-48-54(51)65-57(59-48)47-26-11-10-23-42(47)39-19-6-2-7-20-39/h1-34,58H,35-36H2,(H,60,61,62). The van der Waals surface area contributed by atoms with E-state index in [2.05, 4.69) is 203 Å². The number of fused-ring (bicyclic) bond motifs is 8. The van der Waals surface area contributed by atoms with Gasteiger partial charge in [0.1, 0.15) is 11.4 Å². The number of oxazole rings is 1. The number of rotatable bonds is 7. The van der Waals surface area contributed by atoms with Gasteiger partial charge in [-0.2, -0.15) is 0 Å². The number of para-hydroxylation sites is 3. The van der Waals surface area contributed by atoms with Gasteiger partial charge in [-0.25, -0.2) is 15.0 Å². The van der Waals surface area contributed by atoms with Crippen LogP contribution in [0.25, 0.3) is 83.7 Å². The minimum absolute atomic E-state index is 0.528. The third-order valence-electron chi connectivity index (χ3n) is 13.0. The fourth-order valence-electron chi connectivity index (χ4n) is 10.1. The molecule has 0 saturated heterocycles. The predicted octanol–water partition coefficient (Wildman–Crippen LogP) is 13.4. The summed E-state index contributed by atoms with van der Waals surface area (Å²) in [4.78, 5) is 15.9. The second kappa shape index (κ2) is 15.1. The maximum Gasteiger partial charge on any atom is 0.228 e. The Morgan fingerprint density at radius 3 is 1.78 bits per heavy atom. The van der Waals surface area contributed by atoms with Crippen LogP contribution >= 0.6 is 0 Å². The Morgan fingerprint density at radius 2 is 1.05 bits per heavy atom. The Hall–Kier alpha value is -8.55. The van der Waals surface area contributed by atoms with E-state index in [0.29, 0.717) is 11.7 Å². The molecule has 2 aliphatic rings. The van der Waals surface area contributed by atoms with Crippen LogP contribution in [0, 0.1) is 0 Å². The molecule has 0 radical (unpaired) electrons. The first-order valence-corrected chi connectivity index (χ1v) is 22.2. The molecule has 0 bridgehead atoms. The molecule has 0 fully saturated rings. The molecule has 1 atom stereocenters. The monoisotopic (exact) mass is 836 g/mol. The molecule has 0 spiro atoms. The largest absolute Gasteiger partial charge is 0.434 e. The number of aryl methyl sites for hydroxylation is 2. The Kier molecular flexibility index (Phi) is 8.59. The van der Waals surface area contributed by atoms with Crippen molar-refractivity contribution >= 4 is 44.6 Å². The van der Waals surface area contributed by atoms with Crippen molar-refractivity contribution in [3.8, 4) is 50.8 Å². The molecule has 13 rings (SSSR count). The molecule has 0 amide bonds. The molecule has 7 heteroatoms. The van der Waals surface area contributed by atoms with E-state index < -0.39 is 6.29 Å². The summed E-state index contributed by atoms with van der Waals surface area (Å²) in [7, 11) is 0. The molecular formula is C58H40N6O. The number of hydrogen-bond donors (Lipinski definition) is 1. The second-order valence-electron chi connectivity index (χ2n) is 16.7. The maximum absolute atomic E-state index is 6.98. The van der Waals surface area contributed by atoms with Crippen LogP contribution in [0.2, 0.25) is 0 Å². The Morgan fingerprint density at radius 1 is 0.477 bits per heavy atom. The summed E-state index contributed by atoms with van der Waals surface area (Å²) in [6.45, 7) is 0. The number of aliphatic imine (C=N–C) groups is 2. The number of nitrogens with zero attached hydrogens (tertiary/aromatic N) is 5. The SMILES string of the molecule is c1ccc(C2=NC(c3ccc(-c4ccccc4)cc3)=NC(n3c4c(c5ccccc53)CCc3c-4n(-c4cccc5nc(-c6ccccc6-c6ccccc6)oc45)c4ccccc34)N2)cc1. The van der Waals surface area contributed by atoms with Crippen LogP contribution in [-0.2, 0) is 12.8 Å². The topological polar surface area (TPSA) is 72.6 Å². The highest BCUT2D eigenvalue weighted by Gasteiger charge is 2.35. The van der Waals surface area contributed by atoms with E-state index in [-0.39, 0.29) is 0 Å². The van der Waals surface area contributed by atoms with Crippen molar-refractivity contribution in [3.63, 3.8) is 0 Å². The van der Waals surface area contributed by atoms with Gasteiger partial charge in [-0.3, -0.25) is 4.57 Å². The maximum atomic E-state index is 6.98. The van der Waals surface area contributed by atoms with Crippen LogP contribution in [0.5, 0.6) is 0 Å². The van der Waals surface area contributed by atoms with E-state index in [1.54, 1.807) is 0 Å². The lowest BCUT2D eigenvalue weighted by Crippen LogP contribution is -2.37. The van der Waals surface area contributed by atoms with Crippen molar-refractivity contribution in [1.82, 2.24) is 19.4 Å². The van der Waals surface area contributed by atoms with E-state index in [1.165, 1.54) is 27.5 Å². The highest BCUT2D eigenvalue weighted by molar-refractivity contribution is 6.13. The van der Waals surface area contributed by atoms with Crippen molar-refractivity contribution in [3.05, 3.63) is 229 Å². The Balaban J connectivity index is 1.03. The van der Waals surface area contributed by atoms with Gasteiger partial charge in [0.25, 0.3) is 0 Å². The van der Waals surface area contributed by atoms with Gasteiger partial charge in [0.05, 0.1) is 28.1 Å². The van der Waals surface area contributed by atoms with E-state index >= 15 is 0 Å². The van der Waals surface area contributed by atoms with E-state index in [4.69, 9.17) is 19.4 Å². The molecular weight excluding hydrogens is 797 g/mol. The lowest BCUT2D eigenvalue weighted by atomic mass is 9.92. The van der Waals surface area contributed by atoms with Gasteiger partial charge in [-0.15, -0.1) is 0 Å². The van der Waals surface area contributed by atoms with Gasteiger partial charge in [-0.05, 0) is 76.6 Å². The van der Waals surface area contributed by atoms with Crippen molar-refractivity contribution in [2.24, 2.45) is 9.98 Å². The molecule has 8 aromatic carbocycles. The smallest absolute Gasteiger partial charge is 0.228 e. The normalized spacial score (nSPS) is 14.5. The number of amidine groups is 2. The van der Waals surface area contributed by atoms with Crippen LogP contribution in [-0.4, -0.2) is 25.8 Å². The molecule has 1 aliphatic heterocycles. The molecule has 3 aromatic heterocycles. The van der Waals surface area contributed by atoms with Crippen LogP contribution in [0.3, 0.4) is 0 Å². The van der Waals surface area contributed by atoms with Gasteiger partial charge in [0, 0.05) is 27.5 Å². The number of nitrogens with one attached hydrogen (secondary N) is 1. The first-order chi connectivity index (χ1) is 32.2. The summed E-state index contributed by atoms with van der Waals surface area (Å²) >= 11 is 0. The van der Waals surface area contributed by atoms with Gasteiger partial charge in [0.2, 0.25) is 12.2 Å². The van der Waals surface area contributed by atoms with Crippen LogP contribution < -0.4 is 5.32 Å². The third-order valence-corrected chi connectivity index (χ3v) is 13.0. The van der Waals surface area contributed by atoms with Crippen LogP contribution in [0.1, 0.15) is 28.5 Å². The van der Waals surface area contributed by atoms with E-state index in [0.717, 1.165) is 91.3 Å². The highest BCUT2D eigenvalue weighted by Crippen LogP contribution is 2.48. The molecule has 4 heterocycles. The van der Waals surface area contributed by atoms with Crippen LogP contribution in [0.4, 0.5) is 0 Å². The van der Waals surface area contributed by atoms with Gasteiger partial charge in [0.15, 0.2) is 11.4 Å². The number of hydrogen-bond acceptors (Lipinski definition) is 5. The van der Waals surface area contributed by atoms with Gasteiger partial charge < -0.3 is 14.3 Å². The summed E-state index contributed by atoms with van der Waals surface area (Å²) < 4.78 is 11.8. The fourth-order valence-corrected chi connectivity index (χ4v) is 10.1.